The molecule has 0 spiro atoms. The molecule has 5 nitrogen and oxygen atoms in total. The standard InChI is InChI=1S/C25H37ClFN2O3PS/c1-4-7-8-11-14-28-24(30)17-12-9-10-13-18(17)25(31)29-21-16-22(19(26)15-20(21)27)34(32)23(5-2)33-6-3/h15-16,23,33H,4-14H2,1-3H3,(H,28,30)(H,29,31). The maximum atomic E-state index is 14.7. The van der Waals surface area contributed by atoms with Crippen LogP contribution in [0.3, 0.4) is 0 Å². The SMILES string of the molecule is CCCCCCNC(=O)C1=C(C(=O)Nc2cc([S+]([O-])C(CC)PCC)c(Cl)cc2F)CCCC1. The van der Waals surface area contributed by atoms with Crippen molar-refractivity contribution < 1.29 is 18.5 Å². The molecule has 0 saturated carbocycles. The topological polar surface area (TPSA) is 81.3 Å². The van der Waals surface area contributed by atoms with Gasteiger partial charge in [0.15, 0.2) is 4.90 Å². The lowest BCUT2D eigenvalue weighted by Gasteiger charge is -2.22. The number of nitrogens with one attached hydrogen (secondary N) is 2. The number of carbonyl (C=O) groups excluding carboxylic acids is 2. The van der Waals surface area contributed by atoms with Gasteiger partial charge in [0.25, 0.3) is 5.91 Å². The van der Waals surface area contributed by atoms with Crippen molar-refractivity contribution in [1.82, 2.24) is 5.32 Å². The Balaban J connectivity index is 2.21. The van der Waals surface area contributed by atoms with E-state index in [4.69, 9.17) is 11.6 Å². The first kappa shape index (κ1) is 29.1. The van der Waals surface area contributed by atoms with E-state index >= 15 is 0 Å². The predicted octanol–water partition coefficient (Wildman–Crippen LogP) is 6.53. The minimum atomic E-state index is -1.41. The summed E-state index contributed by atoms with van der Waals surface area (Å²) in [6.45, 7) is 6.72. The highest BCUT2D eigenvalue weighted by Crippen LogP contribution is 2.37. The van der Waals surface area contributed by atoms with Crippen molar-refractivity contribution in [2.75, 3.05) is 18.0 Å². The van der Waals surface area contributed by atoms with Gasteiger partial charge in [0, 0.05) is 23.8 Å². The average Bonchev–Trinajstić information content (AvgIpc) is 2.83. The number of hydrogen-bond donors (Lipinski definition) is 2. The van der Waals surface area contributed by atoms with Gasteiger partial charge in [-0.05, 0) is 61.9 Å². The summed E-state index contributed by atoms with van der Waals surface area (Å²) < 4.78 is 27.8. The van der Waals surface area contributed by atoms with Crippen LogP contribution in [0.15, 0.2) is 28.2 Å². The fourth-order valence-corrected chi connectivity index (χ4v) is 7.70. The van der Waals surface area contributed by atoms with Crippen LogP contribution in [-0.2, 0) is 20.8 Å². The number of halogens is 2. The predicted molar refractivity (Wildman–Crippen MR) is 142 cm³/mol. The second kappa shape index (κ2) is 15.1. The number of hydrogen-bond acceptors (Lipinski definition) is 3. The summed E-state index contributed by atoms with van der Waals surface area (Å²) in [4.78, 5) is 26.1. The van der Waals surface area contributed by atoms with Crippen LogP contribution in [0.2, 0.25) is 5.02 Å². The maximum Gasteiger partial charge on any atom is 0.252 e. The molecule has 0 heterocycles. The first-order valence-corrected chi connectivity index (χ1v) is 15.2. The highest BCUT2D eigenvalue weighted by atomic mass is 35.5. The minimum absolute atomic E-state index is 0.0646. The Bertz CT molecular complexity index is 884. The van der Waals surface area contributed by atoms with Crippen LogP contribution in [0.25, 0.3) is 0 Å². The number of benzene rings is 1. The zero-order valence-electron chi connectivity index (χ0n) is 20.4. The third-order valence-electron chi connectivity index (χ3n) is 5.88. The summed E-state index contributed by atoms with van der Waals surface area (Å²) in [7, 11) is 0.503. The first-order valence-electron chi connectivity index (χ1n) is 12.3. The molecule has 2 rings (SSSR count). The molecular weight excluding hydrogens is 494 g/mol. The van der Waals surface area contributed by atoms with Crippen molar-refractivity contribution in [1.29, 1.82) is 0 Å². The number of carbonyl (C=O) groups is 2. The van der Waals surface area contributed by atoms with E-state index in [0.717, 1.165) is 57.2 Å². The normalized spacial score (nSPS) is 16.1. The molecule has 3 unspecified atom stereocenters. The lowest BCUT2D eigenvalue weighted by atomic mass is 9.90. The Morgan fingerprint density at radius 3 is 2.41 bits per heavy atom. The molecule has 0 fully saturated rings. The molecule has 1 aliphatic rings. The molecule has 190 valence electrons. The molecule has 0 radical (unpaired) electrons. The summed E-state index contributed by atoms with van der Waals surface area (Å²) in [6, 6.07) is 2.48. The van der Waals surface area contributed by atoms with Gasteiger partial charge >= 0.3 is 0 Å². The van der Waals surface area contributed by atoms with Crippen molar-refractivity contribution in [2.24, 2.45) is 0 Å². The second-order valence-electron chi connectivity index (χ2n) is 8.45. The van der Waals surface area contributed by atoms with E-state index in [2.05, 4.69) is 17.6 Å². The van der Waals surface area contributed by atoms with Crippen molar-refractivity contribution in [3.05, 3.63) is 34.1 Å². The van der Waals surface area contributed by atoms with Gasteiger partial charge in [-0.2, -0.15) is 0 Å². The molecular formula is C25H37ClFN2O3PS. The maximum absolute atomic E-state index is 14.7. The average molecular weight is 531 g/mol. The molecule has 9 heteroatoms. The lowest BCUT2D eigenvalue weighted by Crippen LogP contribution is -2.30. The smallest absolute Gasteiger partial charge is 0.252 e. The molecule has 2 N–H and O–H groups in total. The van der Waals surface area contributed by atoms with Gasteiger partial charge in [-0.25, -0.2) is 4.39 Å². The van der Waals surface area contributed by atoms with Crippen LogP contribution in [0.5, 0.6) is 0 Å². The van der Waals surface area contributed by atoms with Gasteiger partial charge in [-0.15, -0.1) is 0 Å². The Morgan fingerprint density at radius 2 is 1.79 bits per heavy atom. The van der Waals surface area contributed by atoms with Crippen molar-refractivity contribution >= 4 is 48.9 Å². The van der Waals surface area contributed by atoms with E-state index in [1.165, 1.54) is 6.07 Å². The van der Waals surface area contributed by atoms with E-state index in [0.29, 0.717) is 44.0 Å². The van der Waals surface area contributed by atoms with E-state index in [1.54, 1.807) is 0 Å². The van der Waals surface area contributed by atoms with Crippen LogP contribution < -0.4 is 10.6 Å². The van der Waals surface area contributed by atoms with E-state index in [-0.39, 0.29) is 21.6 Å². The number of anilines is 1. The number of rotatable bonds is 13. The zero-order chi connectivity index (χ0) is 25.1. The summed E-state index contributed by atoms with van der Waals surface area (Å²) in [5.74, 6) is -1.40. The van der Waals surface area contributed by atoms with Crippen molar-refractivity contribution in [2.45, 2.75) is 88.4 Å². The monoisotopic (exact) mass is 530 g/mol. The summed E-state index contributed by atoms with van der Waals surface area (Å²) in [5, 5.41) is 5.63. The van der Waals surface area contributed by atoms with Crippen LogP contribution in [0.4, 0.5) is 10.1 Å². The van der Waals surface area contributed by atoms with Gasteiger partial charge in [-0.3, -0.25) is 9.59 Å². The fraction of sp³-hybridized carbons (Fsp3) is 0.600. The van der Waals surface area contributed by atoms with Gasteiger partial charge in [0.1, 0.15) is 10.8 Å². The Morgan fingerprint density at radius 1 is 1.12 bits per heavy atom. The van der Waals surface area contributed by atoms with Crippen molar-refractivity contribution in [3.8, 4) is 0 Å². The van der Waals surface area contributed by atoms with Crippen LogP contribution >= 0.6 is 20.2 Å². The van der Waals surface area contributed by atoms with Gasteiger partial charge in [0.2, 0.25) is 5.91 Å². The highest BCUT2D eigenvalue weighted by molar-refractivity contribution is 7.97. The van der Waals surface area contributed by atoms with E-state index in [1.807, 2.05) is 13.8 Å². The molecule has 34 heavy (non-hydrogen) atoms. The Hall–Kier alpha value is -1.14. The quantitative estimate of drug-likeness (QED) is 0.173. The number of amides is 2. The lowest BCUT2D eigenvalue weighted by molar-refractivity contribution is -0.119. The van der Waals surface area contributed by atoms with E-state index in [9.17, 15) is 18.5 Å². The fourth-order valence-electron chi connectivity index (χ4n) is 4.00. The molecule has 0 bridgehead atoms. The third kappa shape index (κ3) is 8.22. The first-order chi connectivity index (χ1) is 16.3. The summed E-state index contributed by atoms with van der Waals surface area (Å²) >= 11 is 4.82. The molecule has 1 aromatic carbocycles. The molecule has 1 aliphatic carbocycles. The minimum Gasteiger partial charge on any atom is -0.611 e. The molecule has 0 aliphatic heterocycles. The van der Waals surface area contributed by atoms with Crippen LogP contribution in [-0.4, -0.2) is 34.1 Å². The second-order valence-corrected chi connectivity index (χ2v) is 12.7. The Labute approximate surface area is 213 Å². The van der Waals surface area contributed by atoms with Crippen LogP contribution in [0, 0.1) is 5.82 Å². The van der Waals surface area contributed by atoms with Gasteiger partial charge in [0.05, 0.1) is 10.7 Å². The molecule has 1 aromatic rings. The summed E-state index contributed by atoms with van der Waals surface area (Å²) in [5.41, 5.74) is 0.811. The molecule has 0 saturated heterocycles. The Kier molecular flexibility index (Phi) is 12.9. The molecule has 3 atom stereocenters. The highest BCUT2D eigenvalue weighted by Gasteiger charge is 2.28. The van der Waals surface area contributed by atoms with Gasteiger partial charge < -0.3 is 15.2 Å². The summed E-state index contributed by atoms with van der Waals surface area (Å²) in [6.07, 6.45) is 8.47. The van der Waals surface area contributed by atoms with Crippen molar-refractivity contribution in [3.63, 3.8) is 0 Å². The third-order valence-corrected chi connectivity index (χ3v) is 10.3. The van der Waals surface area contributed by atoms with Gasteiger partial charge in [-0.1, -0.05) is 60.2 Å². The number of unbranched alkanes of at least 4 members (excludes halogenated alkanes) is 3. The molecule has 0 aromatic heterocycles. The molecule has 2 amide bonds. The van der Waals surface area contributed by atoms with Crippen LogP contribution in [0.1, 0.15) is 78.6 Å². The largest absolute Gasteiger partial charge is 0.611 e. The zero-order valence-corrected chi connectivity index (χ0v) is 23.0. The van der Waals surface area contributed by atoms with E-state index < -0.39 is 22.9 Å².